The fourth-order valence-electron chi connectivity index (χ4n) is 0.824. The predicted octanol–water partition coefficient (Wildman–Crippen LogP) is -0.317. The molecule has 4 heteroatoms. The van der Waals surface area contributed by atoms with E-state index in [1.54, 1.807) is 0 Å². The SMILES string of the molecule is [2H]C([2H])([2H])Oc1ccc(B(O)O)c(C([2H])([2H])[2H])c1. The lowest BCUT2D eigenvalue weighted by molar-refractivity contribution is 0.413. The van der Waals surface area contributed by atoms with Crippen LogP contribution in [0.2, 0.25) is 0 Å². The Morgan fingerprint density at radius 1 is 1.50 bits per heavy atom. The van der Waals surface area contributed by atoms with Crippen LogP contribution < -0.4 is 10.2 Å². The third kappa shape index (κ3) is 1.78. The average Bonchev–Trinajstić information content (AvgIpc) is 2.13. The minimum absolute atomic E-state index is 0.175. The molecule has 0 aromatic heterocycles. The van der Waals surface area contributed by atoms with Crippen molar-refractivity contribution in [2.75, 3.05) is 7.04 Å². The van der Waals surface area contributed by atoms with E-state index in [0.717, 1.165) is 18.2 Å². The molecule has 1 aromatic rings. The summed E-state index contributed by atoms with van der Waals surface area (Å²) in [6, 6.07) is 3.23. The first-order valence-corrected chi connectivity index (χ1v) is 3.20. The summed E-state index contributed by atoms with van der Waals surface area (Å²) in [7, 11) is -4.66. The second kappa shape index (κ2) is 3.60. The van der Waals surface area contributed by atoms with Crippen molar-refractivity contribution in [1.82, 2.24) is 0 Å². The average molecular weight is 172 g/mol. The molecule has 0 atom stereocenters. The molecule has 0 bridgehead atoms. The van der Waals surface area contributed by atoms with Gasteiger partial charge in [-0.25, -0.2) is 0 Å². The first-order valence-electron chi connectivity index (χ1n) is 6.20. The maximum absolute atomic E-state index is 9.04. The van der Waals surface area contributed by atoms with Crippen molar-refractivity contribution in [2.24, 2.45) is 0 Å². The molecule has 0 amide bonds. The van der Waals surface area contributed by atoms with Gasteiger partial charge in [0.05, 0.1) is 11.2 Å². The highest BCUT2D eigenvalue weighted by molar-refractivity contribution is 6.59. The number of hydrogen-bond donors (Lipinski definition) is 2. The highest BCUT2D eigenvalue weighted by Crippen LogP contribution is 2.09. The molecule has 0 aliphatic heterocycles. The van der Waals surface area contributed by atoms with Gasteiger partial charge in [-0.05, 0) is 30.0 Å². The highest BCUT2D eigenvalue weighted by atomic mass is 16.5. The number of aryl methyl sites for hydroxylation is 1. The van der Waals surface area contributed by atoms with Gasteiger partial charge in [0.2, 0.25) is 0 Å². The monoisotopic (exact) mass is 172 g/mol. The Hall–Kier alpha value is -0.995. The second-order valence-electron chi connectivity index (χ2n) is 2.22. The van der Waals surface area contributed by atoms with E-state index in [9.17, 15) is 0 Å². The van der Waals surface area contributed by atoms with Crippen molar-refractivity contribution in [1.29, 1.82) is 0 Å². The lowest BCUT2D eigenvalue weighted by Crippen LogP contribution is -2.31. The van der Waals surface area contributed by atoms with Crippen molar-refractivity contribution in [3.63, 3.8) is 0 Å². The van der Waals surface area contributed by atoms with Crippen molar-refractivity contribution in [3.05, 3.63) is 23.8 Å². The molecule has 0 saturated carbocycles. The van der Waals surface area contributed by atoms with Crippen LogP contribution in [0.3, 0.4) is 0 Å². The fraction of sp³-hybridized carbons (Fsp3) is 0.250. The zero-order valence-corrected chi connectivity index (χ0v) is 6.11. The summed E-state index contributed by atoms with van der Waals surface area (Å²) in [5, 5.41) is 18.1. The minimum atomic E-state index is -2.70. The first kappa shape index (κ1) is 3.81. The lowest BCUT2D eigenvalue weighted by Gasteiger charge is -2.06. The van der Waals surface area contributed by atoms with Gasteiger partial charge in [-0.3, -0.25) is 0 Å². The molecule has 1 rings (SSSR count). The molecule has 0 heterocycles. The zero-order valence-electron chi connectivity index (χ0n) is 12.1. The molecule has 0 aliphatic rings. The Kier molecular flexibility index (Phi) is 1.14. The molecule has 0 aliphatic carbocycles. The standard InChI is InChI=1S/C8H11BO3/c1-6-5-7(12-2)3-4-8(6)9(10)11/h3-5,10-11H,1-2H3/i1D3,2D3. The summed E-state index contributed by atoms with van der Waals surface area (Å²) in [5.74, 6) is -0.175. The largest absolute Gasteiger partial charge is 0.497 e. The van der Waals surface area contributed by atoms with E-state index in [4.69, 9.17) is 18.3 Å². The summed E-state index contributed by atoms with van der Waals surface area (Å²) in [6.07, 6.45) is 0. The highest BCUT2D eigenvalue weighted by Gasteiger charge is 2.13. The van der Waals surface area contributed by atoms with Crippen molar-refractivity contribution < 1.29 is 23.0 Å². The van der Waals surface area contributed by atoms with E-state index in [2.05, 4.69) is 4.74 Å². The molecule has 0 fully saturated rings. The summed E-state index contributed by atoms with van der Waals surface area (Å²) < 4.78 is 47.0. The van der Waals surface area contributed by atoms with E-state index >= 15 is 0 Å². The Balaban J connectivity index is 3.22. The van der Waals surface area contributed by atoms with Crippen LogP contribution in [0.5, 0.6) is 5.75 Å². The van der Waals surface area contributed by atoms with E-state index < -0.39 is 21.0 Å². The van der Waals surface area contributed by atoms with Crippen LogP contribution in [-0.2, 0) is 0 Å². The van der Waals surface area contributed by atoms with Crippen LogP contribution in [0.15, 0.2) is 18.2 Å². The Labute approximate surface area is 80.2 Å². The molecule has 3 nitrogen and oxygen atoms in total. The Bertz CT molecular complexity index is 428. The number of benzene rings is 1. The van der Waals surface area contributed by atoms with Crippen LogP contribution in [-0.4, -0.2) is 24.2 Å². The summed E-state index contributed by atoms with van der Waals surface area (Å²) in [5.41, 5.74) is -0.577. The maximum Gasteiger partial charge on any atom is 0.488 e. The molecular weight excluding hydrogens is 155 g/mol. The molecular formula is C8H11BO3. The van der Waals surface area contributed by atoms with Crippen molar-refractivity contribution >= 4 is 12.6 Å². The number of rotatable bonds is 2. The first-order chi connectivity index (χ1) is 8.00. The Morgan fingerprint density at radius 2 is 2.33 bits per heavy atom. The van der Waals surface area contributed by atoms with Crippen molar-refractivity contribution in [2.45, 2.75) is 6.85 Å². The minimum Gasteiger partial charge on any atom is -0.497 e. The molecule has 0 unspecified atom stereocenters. The molecule has 12 heavy (non-hydrogen) atoms. The number of hydrogen-bond acceptors (Lipinski definition) is 3. The van der Waals surface area contributed by atoms with Gasteiger partial charge in [0, 0.05) is 4.11 Å². The van der Waals surface area contributed by atoms with Gasteiger partial charge < -0.3 is 14.8 Å². The molecule has 2 N–H and O–H groups in total. The maximum atomic E-state index is 9.04. The molecule has 0 saturated heterocycles. The topological polar surface area (TPSA) is 49.7 Å². The van der Waals surface area contributed by atoms with E-state index in [1.165, 1.54) is 0 Å². The van der Waals surface area contributed by atoms with Crippen LogP contribution >= 0.6 is 0 Å². The lowest BCUT2D eigenvalue weighted by atomic mass is 9.77. The smallest absolute Gasteiger partial charge is 0.488 e. The summed E-state index contributed by atoms with van der Waals surface area (Å²) in [6.45, 7) is -2.60. The molecule has 0 spiro atoms. The van der Waals surface area contributed by atoms with Gasteiger partial charge in [-0.1, -0.05) is 6.07 Å². The van der Waals surface area contributed by atoms with Crippen molar-refractivity contribution in [3.8, 4) is 5.75 Å². The third-order valence-corrected chi connectivity index (χ3v) is 1.42. The molecule has 64 valence electrons. The zero-order chi connectivity index (χ0) is 14.1. The van der Waals surface area contributed by atoms with Crippen LogP contribution in [0.1, 0.15) is 13.8 Å². The van der Waals surface area contributed by atoms with Crippen LogP contribution in [0.4, 0.5) is 0 Å². The number of methoxy groups -OCH3 is 1. The van der Waals surface area contributed by atoms with E-state index in [-0.39, 0.29) is 16.8 Å². The van der Waals surface area contributed by atoms with E-state index in [1.807, 2.05) is 0 Å². The number of ether oxygens (including phenoxy) is 1. The quantitative estimate of drug-likeness (QED) is 0.601. The Morgan fingerprint density at radius 3 is 2.92 bits per heavy atom. The van der Waals surface area contributed by atoms with Gasteiger partial charge in [-0.15, -0.1) is 0 Å². The fourth-order valence-corrected chi connectivity index (χ4v) is 0.824. The van der Waals surface area contributed by atoms with Gasteiger partial charge >= 0.3 is 7.12 Å². The summed E-state index contributed by atoms with van der Waals surface area (Å²) in [4.78, 5) is 0. The molecule has 1 aromatic carbocycles. The van der Waals surface area contributed by atoms with Gasteiger partial charge in [0.15, 0.2) is 0 Å². The normalized spacial score (nSPS) is 19.2. The summed E-state index contributed by atoms with van der Waals surface area (Å²) >= 11 is 0. The molecule has 0 radical (unpaired) electrons. The van der Waals surface area contributed by atoms with Gasteiger partial charge in [0.25, 0.3) is 0 Å². The third-order valence-electron chi connectivity index (χ3n) is 1.42. The van der Waals surface area contributed by atoms with Gasteiger partial charge in [-0.2, -0.15) is 0 Å². The van der Waals surface area contributed by atoms with Gasteiger partial charge in [0.1, 0.15) is 5.75 Å². The van der Waals surface area contributed by atoms with E-state index in [0.29, 0.717) is 0 Å². The van der Waals surface area contributed by atoms with Crippen LogP contribution in [0.25, 0.3) is 0 Å². The van der Waals surface area contributed by atoms with Crippen LogP contribution in [0, 0.1) is 6.85 Å². The second-order valence-corrected chi connectivity index (χ2v) is 2.22. The predicted molar refractivity (Wildman–Crippen MR) is 47.6 cm³/mol.